The van der Waals surface area contributed by atoms with Crippen molar-refractivity contribution < 1.29 is 0 Å². The largest absolute Gasteiger partial charge is 0.337 e. The van der Waals surface area contributed by atoms with Gasteiger partial charge in [-0.2, -0.15) is 0 Å². The first kappa shape index (κ1) is 12.2. The van der Waals surface area contributed by atoms with Crippen LogP contribution in [0.15, 0.2) is 35.3 Å². The summed E-state index contributed by atoms with van der Waals surface area (Å²) in [5.74, 6) is 6.49. The molecule has 2 aromatic heterocycles. The SMILES string of the molecule is Cn1ccnc1C(Cc1cncc(Br)c1)NN. The summed E-state index contributed by atoms with van der Waals surface area (Å²) in [4.78, 5) is 8.43. The number of hydrogen-bond donors (Lipinski definition) is 2. The van der Waals surface area contributed by atoms with Gasteiger partial charge in [-0.25, -0.2) is 10.4 Å². The van der Waals surface area contributed by atoms with E-state index >= 15 is 0 Å². The monoisotopic (exact) mass is 295 g/mol. The highest BCUT2D eigenvalue weighted by Gasteiger charge is 2.15. The summed E-state index contributed by atoms with van der Waals surface area (Å²) in [5.41, 5.74) is 3.89. The zero-order valence-electron chi connectivity index (χ0n) is 9.47. The van der Waals surface area contributed by atoms with Crippen LogP contribution < -0.4 is 11.3 Å². The summed E-state index contributed by atoms with van der Waals surface area (Å²) in [7, 11) is 1.95. The summed E-state index contributed by atoms with van der Waals surface area (Å²) < 4.78 is 2.92. The predicted molar refractivity (Wildman–Crippen MR) is 68.9 cm³/mol. The van der Waals surface area contributed by atoms with Crippen LogP contribution in [0.2, 0.25) is 0 Å². The minimum absolute atomic E-state index is 0.0221. The molecule has 17 heavy (non-hydrogen) atoms. The highest BCUT2D eigenvalue weighted by molar-refractivity contribution is 9.10. The maximum atomic E-state index is 5.58. The first-order valence-electron chi connectivity index (χ1n) is 5.23. The third-order valence-electron chi connectivity index (χ3n) is 2.57. The molecule has 0 aliphatic heterocycles. The van der Waals surface area contributed by atoms with E-state index in [0.29, 0.717) is 0 Å². The van der Waals surface area contributed by atoms with Gasteiger partial charge in [-0.15, -0.1) is 0 Å². The highest BCUT2D eigenvalue weighted by atomic mass is 79.9. The van der Waals surface area contributed by atoms with E-state index in [1.165, 1.54) is 0 Å². The van der Waals surface area contributed by atoms with Crippen molar-refractivity contribution in [1.29, 1.82) is 0 Å². The van der Waals surface area contributed by atoms with Gasteiger partial charge in [-0.05, 0) is 34.0 Å². The fraction of sp³-hybridized carbons (Fsp3) is 0.273. The first-order chi connectivity index (χ1) is 8.20. The van der Waals surface area contributed by atoms with Gasteiger partial charge >= 0.3 is 0 Å². The van der Waals surface area contributed by atoms with Crippen molar-refractivity contribution in [2.75, 3.05) is 0 Å². The number of imidazole rings is 1. The Morgan fingerprint density at radius 1 is 1.53 bits per heavy atom. The zero-order valence-corrected chi connectivity index (χ0v) is 11.1. The molecule has 5 nitrogen and oxygen atoms in total. The molecule has 1 unspecified atom stereocenters. The summed E-state index contributed by atoms with van der Waals surface area (Å²) >= 11 is 3.40. The van der Waals surface area contributed by atoms with Crippen molar-refractivity contribution in [2.24, 2.45) is 12.9 Å². The van der Waals surface area contributed by atoms with Gasteiger partial charge in [-0.3, -0.25) is 10.8 Å². The fourth-order valence-corrected chi connectivity index (χ4v) is 2.15. The number of hydrogen-bond acceptors (Lipinski definition) is 4. The smallest absolute Gasteiger partial charge is 0.127 e. The van der Waals surface area contributed by atoms with Crippen molar-refractivity contribution in [2.45, 2.75) is 12.5 Å². The number of aryl methyl sites for hydroxylation is 1. The van der Waals surface area contributed by atoms with Crippen LogP contribution in [-0.2, 0) is 13.5 Å². The van der Waals surface area contributed by atoms with Crippen LogP contribution in [0.4, 0.5) is 0 Å². The van der Waals surface area contributed by atoms with Crippen molar-refractivity contribution in [3.8, 4) is 0 Å². The normalized spacial score (nSPS) is 12.6. The average molecular weight is 296 g/mol. The standard InChI is InChI=1S/C11H14BrN5/c1-17-3-2-15-11(17)10(16-13)5-8-4-9(12)7-14-6-8/h2-4,6-7,10,16H,5,13H2,1H3. The second kappa shape index (κ2) is 5.39. The maximum absolute atomic E-state index is 5.58. The van der Waals surface area contributed by atoms with Gasteiger partial charge < -0.3 is 4.57 Å². The molecular weight excluding hydrogens is 282 g/mol. The third kappa shape index (κ3) is 2.91. The van der Waals surface area contributed by atoms with Crippen molar-refractivity contribution in [1.82, 2.24) is 20.0 Å². The van der Waals surface area contributed by atoms with Crippen molar-refractivity contribution in [3.63, 3.8) is 0 Å². The molecule has 2 heterocycles. The van der Waals surface area contributed by atoms with E-state index in [-0.39, 0.29) is 6.04 Å². The molecule has 2 aromatic rings. The summed E-state index contributed by atoms with van der Waals surface area (Å²) in [6.45, 7) is 0. The van der Waals surface area contributed by atoms with E-state index in [4.69, 9.17) is 5.84 Å². The van der Waals surface area contributed by atoms with Crippen LogP contribution in [0.1, 0.15) is 17.4 Å². The summed E-state index contributed by atoms with van der Waals surface area (Å²) in [5, 5.41) is 0. The van der Waals surface area contributed by atoms with E-state index < -0.39 is 0 Å². The quantitative estimate of drug-likeness (QED) is 0.659. The van der Waals surface area contributed by atoms with Crippen LogP contribution in [0.3, 0.4) is 0 Å². The van der Waals surface area contributed by atoms with Crippen molar-refractivity contribution in [3.05, 3.63) is 46.7 Å². The number of aromatic nitrogens is 3. The molecule has 6 heteroatoms. The van der Waals surface area contributed by atoms with Gasteiger partial charge in [0.15, 0.2) is 0 Å². The third-order valence-corrected chi connectivity index (χ3v) is 3.01. The summed E-state index contributed by atoms with van der Waals surface area (Å²) in [6, 6.07) is 2.01. The number of rotatable bonds is 4. The van der Waals surface area contributed by atoms with Gasteiger partial charge in [0, 0.05) is 36.3 Å². The Kier molecular flexibility index (Phi) is 3.88. The van der Waals surface area contributed by atoms with Gasteiger partial charge in [0.25, 0.3) is 0 Å². The average Bonchev–Trinajstić information content (AvgIpc) is 2.72. The molecule has 90 valence electrons. The molecule has 0 amide bonds. The zero-order chi connectivity index (χ0) is 12.3. The van der Waals surface area contributed by atoms with Gasteiger partial charge in [-0.1, -0.05) is 0 Å². The molecule has 0 bridgehead atoms. The van der Waals surface area contributed by atoms with Gasteiger partial charge in [0.1, 0.15) is 5.82 Å². The maximum Gasteiger partial charge on any atom is 0.127 e. The molecule has 0 spiro atoms. The first-order valence-corrected chi connectivity index (χ1v) is 6.03. The molecule has 3 N–H and O–H groups in total. The topological polar surface area (TPSA) is 68.8 Å². The van der Waals surface area contributed by atoms with Gasteiger partial charge in [0.2, 0.25) is 0 Å². The van der Waals surface area contributed by atoms with Crippen molar-refractivity contribution >= 4 is 15.9 Å². The lowest BCUT2D eigenvalue weighted by Gasteiger charge is -2.15. The molecule has 0 fully saturated rings. The molecule has 0 aliphatic rings. The molecular formula is C11H14BrN5. The molecule has 0 aliphatic carbocycles. The molecule has 2 rings (SSSR count). The van der Waals surface area contributed by atoms with Crippen LogP contribution >= 0.6 is 15.9 Å². The lowest BCUT2D eigenvalue weighted by Crippen LogP contribution is -2.31. The molecule has 0 saturated carbocycles. The van der Waals surface area contributed by atoms with Crippen LogP contribution in [-0.4, -0.2) is 14.5 Å². The minimum Gasteiger partial charge on any atom is -0.337 e. The van der Waals surface area contributed by atoms with Crippen LogP contribution in [0.5, 0.6) is 0 Å². The van der Waals surface area contributed by atoms with E-state index in [1.54, 1.807) is 12.4 Å². The second-order valence-electron chi connectivity index (χ2n) is 3.83. The Balaban J connectivity index is 2.19. The van der Waals surface area contributed by atoms with E-state index in [2.05, 4.69) is 31.3 Å². The fourth-order valence-electron chi connectivity index (χ4n) is 1.74. The van der Waals surface area contributed by atoms with Crippen LogP contribution in [0, 0.1) is 0 Å². The second-order valence-corrected chi connectivity index (χ2v) is 4.75. The molecule has 1 atom stereocenters. The highest BCUT2D eigenvalue weighted by Crippen LogP contribution is 2.17. The van der Waals surface area contributed by atoms with E-state index in [0.717, 1.165) is 22.3 Å². The van der Waals surface area contributed by atoms with E-state index in [9.17, 15) is 0 Å². The number of hydrazine groups is 1. The Morgan fingerprint density at radius 2 is 2.35 bits per heavy atom. The van der Waals surface area contributed by atoms with E-state index in [1.807, 2.05) is 30.1 Å². The van der Waals surface area contributed by atoms with Crippen LogP contribution in [0.25, 0.3) is 0 Å². The number of halogens is 1. The summed E-state index contributed by atoms with van der Waals surface area (Å²) in [6.07, 6.45) is 8.00. The Morgan fingerprint density at radius 3 is 2.94 bits per heavy atom. The molecule has 0 saturated heterocycles. The number of nitrogens with two attached hydrogens (primary N) is 1. The lowest BCUT2D eigenvalue weighted by atomic mass is 10.1. The number of nitrogens with zero attached hydrogens (tertiary/aromatic N) is 3. The Bertz CT molecular complexity index is 496. The lowest BCUT2D eigenvalue weighted by molar-refractivity contribution is 0.506. The Labute approximate surface area is 108 Å². The van der Waals surface area contributed by atoms with Gasteiger partial charge in [0.05, 0.1) is 6.04 Å². The minimum atomic E-state index is -0.0221. The number of nitrogens with one attached hydrogen (secondary N) is 1. The molecule has 0 radical (unpaired) electrons. The number of pyridine rings is 1. The predicted octanol–water partition coefficient (Wildman–Crippen LogP) is 1.32. The molecule has 0 aromatic carbocycles. The Hall–Kier alpha value is -1.24.